The van der Waals surface area contributed by atoms with E-state index in [0.29, 0.717) is 13.1 Å². The number of amides is 1. The number of nitrogens with one attached hydrogen (secondary N) is 1. The van der Waals surface area contributed by atoms with E-state index in [1.165, 1.54) is 0 Å². The first kappa shape index (κ1) is 11.3. The quantitative estimate of drug-likeness (QED) is 0.640. The van der Waals surface area contributed by atoms with E-state index in [2.05, 4.69) is 5.32 Å². The smallest absolute Gasteiger partial charge is 0.327 e. The van der Waals surface area contributed by atoms with Crippen molar-refractivity contribution < 1.29 is 18.0 Å². The lowest BCUT2D eigenvalue weighted by atomic mass is 10.1. The van der Waals surface area contributed by atoms with Gasteiger partial charge in [0.25, 0.3) is 0 Å². The van der Waals surface area contributed by atoms with Crippen molar-refractivity contribution in [2.24, 2.45) is 0 Å². The van der Waals surface area contributed by atoms with Gasteiger partial charge >= 0.3 is 12.1 Å². The van der Waals surface area contributed by atoms with Crippen LogP contribution in [0.2, 0.25) is 0 Å². The molecule has 3 nitrogen and oxygen atoms in total. The highest BCUT2D eigenvalue weighted by atomic mass is 19.4. The first-order valence-corrected chi connectivity index (χ1v) is 4.44. The van der Waals surface area contributed by atoms with Gasteiger partial charge in [0.15, 0.2) is 0 Å². The third-order valence-corrected chi connectivity index (χ3v) is 2.31. The topological polar surface area (TPSA) is 32.3 Å². The number of alkyl halides is 3. The molecule has 2 unspecified atom stereocenters. The van der Waals surface area contributed by atoms with Crippen LogP contribution in [0.3, 0.4) is 0 Å². The molecule has 82 valence electrons. The Morgan fingerprint density at radius 2 is 1.71 bits per heavy atom. The normalized spacial score (nSPS) is 29.1. The molecule has 0 aliphatic carbocycles. The van der Waals surface area contributed by atoms with E-state index in [1.54, 1.807) is 13.8 Å². The fraction of sp³-hybridized carbons (Fsp3) is 0.875. The highest BCUT2D eigenvalue weighted by Crippen LogP contribution is 2.22. The van der Waals surface area contributed by atoms with E-state index in [0.717, 1.165) is 4.90 Å². The van der Waals surface area contributed by atoms with Gasteiger partial charge in [-0.25, -0.2) is 0 Å². The van der Waals surface area contributed by atoms with Gasteiger partial charge in [0.2, 0.25) is 0 Å². The minimum atomic E-state index is -4.76. The molecule has 0 aromatic carbocycles. The predicted molar refractivity (Wildman–Crippen MR) is 44.7 cm³/mol. The lowest BCUT2D eigenvalue weighted by Crippen LogP contribution is -2.60. The molecule has 1 heterocycles. The second kappa shape index (κ2) is 3.76. The van der Waals surface area contributed by atoms with Crippen LogP contribution in [0.4, 0.5) is 13.2 Å². The van der Waals surface area contributed by atoms with Gasteiger partial charge in [0.1, 0.15) is 0 Å². The maximum absolute atomic E-state index is 12.2. The van der Waals surface area contributed by atoms with Crippen molar-refractivity contribution in [2.45, 2.75) is 32.1 Å². The van der Waals surface area contributed by atoms with Crippen LogP contribution in [0.15, 0.2) is 0 Å². The molecule has 1 saturated heterocycles. The summed E-state index contributed by atoms with van der Waals surface area (Å²) in [4.78, 5) is 11.9. The molecule has 1 rings (SSSR count). The predicted octanol–water partition coefficient (Wildman–Crippen LogP) is 0.758. The zero-order chi connectivity index (χ0) is 10.9. The summed E-state index contributed by atoms with van der Waals surface area (Å²) in [7, 11) is 0. The van der Waals surface area contributed by atoms with E-state index in [1.807, 2.05) is 0 Å². The SMILES string of the molecule is CC1CNCC(C)N1C(=O)C(F)(F)F. The second-order valence-electron chi connectivity index (χ2n) is 3.57. The Balaban J connectivity index is 2.78. The zero-order valence-electron chi connectivity index (χ0n) is 8.06. The van der Waals surface area contributed by atoms with Crippen LogP contribution in [-0.4, -0.2) is 42.2 Å². The van der Waals surface area contributed by atoms with E-state index in [4.69, 9.17) is 0 Å². The van der Waals surface area contributed by atoms with Crippen molar-refractivity contribution in [3.8, 4) is 0 Å². The van der Waals surface area contributed by atoms with Gasteiger partial charge in [0.05, 0.1) is 0 Å². The van der Waals surface area contributed by atoms with Gasteiger partial charge in [-0.2, -0.15) is 13.2 Å². The van der Waals surface area contributed by atoms with Crippen molar-refractivity contribution in [1.82, 2.24) is 10.2 Å². The third kappa shape index (κ3) is 2.17. The Morgan fingerprint density at radius 1 is 1.29 bits per heavy atom. The Bertz CT molecular complexity index is 219. The molecule has 0 spiro atoms. The number of hydrogen-bond donors (Lipinski definition) is 1. The minimum Gasteiger partial charge on any atom is -0.327 e. The number of piperazine rings is 1. The molecule has 1 N–H and O–H groups in total. The largest absolute Gasteiger partial charge is 0.471 e. The van der Waals surface area contributed by atoms with Crippen molar-refractivity contribution in [3.63, 3.8) is 0 Å². The molecule has 0 bridgehead atoms. The maximum atomic E-state index is 12.2. The summed E-state index contributed by atoms with van der Waals surface area (Å²) in [6.45, 7) is 4.02. The summed E-state index contributed by atoms with van der Waals surface area (Å²) in [6, 6.07) is -0.819. The van der Waals surface area contributed by atoms with E-state index in [9.17, 15) is 18.0 Å². The first-order chi connectivity index (χ1) is 6.34. The van der Waals surface area contributed by atoms with Crippen molar-refractivity contribution in [2.75, 3.05) is 13.1 Å². The first-order valence-electron chi connectivity index (χ1n) is 4.44. The number of rotatable bonds is 0. The second-order valence-corrected chi connectivity index (χ2v) is 3.57. The molecule has 2 atom stereocenters. The van der Waals surface area contributed by atoms with E-state index in [-0.39, 0.29) is 0 Å². The number of nitrogens with zero attached hydrogens (tertiary/aromatic N) is 1. The maximum Gasteiger partial charge on any atom is 0.471 e. The van der Waals surface area contributed by atoms with Crippen LogP contribution < -0.4 is 5.32 Å². The van der Waals surface area contributed by atoms with E-state index < -0.39 is 24.2 Å². The van der Waals surface area contributed by atoms with E-state index >= 15 is 0 Å². The summed E-state index contributed by atoms with van der Waals surface area (Å²) in [6.07, 6.45) is -4.76. The number of carbonyl (C=O) groups excluding carboxylic acids is 1. The molecule has 1 aliphatic rings. The summed E-state index contributed by atoms with van der Waals surface area (Å²) in [5, 5.41) is 2.96. The number of hydrogen-bond acceptors (Lipinski definition) is 2. The van der Waals surface area contributed by atoms with Crippen LogP contribution >= 0.6 is 0 Å². The molecule has 1 fully saturated rings. The standard InChI is InChI=1S/C8H13F3N2O/c1-5-3-12-4-6(2)13(5)7(14)8(9,10)11/h5-6,12H,3-4H2,1-2H3. The molecule has 14 heavy (non-hydrogen) atoms. The summed E-state index contributed by atoms with van der Waals surface area (Å²) < 4.78 is 36.5. The Hall–Kier alpha value is -0.780. The van der Waals surface area contributed by atoms with Crippen LogP contribution in [0.5, 0.6) is 0 Å². The molecule has 0 aromatic heterocycles. The van der Waals surface area contributed by atoms with Gasteiger partial charge in [-0.3, -0.25) is 4.79 Å². The molecule has 1 amide bonds. The van der Waals surface area contributed by atoms with Gasteiger partial charge in [0, 0.05) is 25.2 Å². The van der Waals surface area contributed by atoms with Crippen LogP contribution in [0.25, 0.3) is 0 Å². The lowest BCUT2D eigenvalue weighted by Gasteiger charge is -2.39. The molecule has 0 saturated carbocycles. The lowest BCUT2D eigenvalue weighted by molar-refractivity contribution is -0.190. The number of halogens is 3. The number of carbonyl (C=O) groups is 1. The van der Waals surface area contributed by atoms with Gasteiger partial charge in [-0.1, -0.05) is 0 Å². The van der Waals surface area contributed by atoms with Gasteiger partial charge in [-0.15, -0.1) is 0 Å². The van der Waals surface area contributed by atoms with Crippen LogP contribution in [0, 0.1) is 0 Å². The fourth-order valence-electron chi connectivity index (χ4n) is 1.68. The van der Waals surface area contributed by atoms with Gasteiger partial charge in [-0.05, 0) is 13.8 Å². The van der Waals surface area contributed by atoms with Crippen molar-refractivity contribution in [1.29, 1.82) is 0 Å². The summed E-state index contributed by atoms with van der Waals surface area (Å²) in [5.74, 6) is -1.74. The Labute approximate surface area is 80.3 Å². The molecule has 1 aliphatic heterocycles. The molecular formula is C8H13F3N2O. The van der Waals surface area contributed by atoms with Crippen molar-refractivity contribution in [3.05, 3.63) is 0 Å². The van der Waals surface area contributed by atoms with Gasteiger partial charge < -0.3 is 10.2 Å². The minimum absolute atomic E-state index is 0.409. The summed E-state index contributed by atoms with van der Waals surface area (Å²) in [5.41, 5.74) is 0. The molecule has 0 radical (unpaired) electrons. The molecule has 6 heteroatoms. The third-order valence-electron chi connectivity index (χ3n) is 2.31. The van der Waals surface area contributed by atoms with Crippen LogP contribution in [0.1, 0.15) is 13.8 Å². The monoisotopic (exact) mass is 210 g/mol. The fourth-order valence-corrected chi connectivity index (χ4v) is 1.68. The average Bonchev–Trinajstić information content (AvgIpc) is 2.01. The molecule has 0 aromatic rings. The highest BCUT2D eigenvalue weighted by Gasteiger charge is 2.46. The van der Waals surface area contributed by atoms with Crippen LogP contribution in [-0.2, 0) is 4.79 Å². The average molecular weight is 210 g/mol. The highest BCUT2D eigenvalue weighted by molar-refractivity contribution is 5.82. The van der Waals surface area contributed by atoms with Crippen molar-refractivity contribution >= 4 is 5.91 Å². The summed E-state index contributed by atoms with van der Waals surface area (Å²) >= 11 is 0. The zero-order valence-corrected chi connectivity index (χ0v) is 8.06. The molecular weight excluding hydrogens is 197 g/mol. The Morgan fingerprint density at radius 3 is 2.07 bits per heavy atom. The Kier molecular flexibility index (Phi) is 3.04.